The van der Waals surface area contributed by atoms with Gasteiger partial charge in [-0.15, -0.1) is 0 Å². The van der Waals surface area contributed by atoms with Crippen LogP contribution in [0.25, 0.3) is 11.3 Å². The topological polar surface area (TPSA) is 58.1 Å². The van der Waals surface area contributed by atoms with E-state index in [-0.39, 0.29) is 21.8 Å². The van der Waals surface area contributed by atoms with Gasteiger partial charge < -0.3 is 14.8 Å². The molecular formula is C18H13F3N2O2S. The minimum Gasteiger partial charge on any atom is -0.507 e. The molecule has 2 N–H and O–H groups in total. The molecule has 0 unspecified atom stereocenters. The molecule has 8 heteroatoms. The number of phenolic OH excluding ortho intramolecular Hbond substituents is 1. The second-order valence-corrected chi connectivity index (χ2v) is 5.92. The molecule has 1 heterocycles. The minimum absolute atomic E-state index is 0.0824. The maximum Gasteiger partial charge on any atom is 0.431 e. The van der Waals surface area contributed by atoms with E-state index < -0.39 is 11.9 Å². The standard InChI is InChI=1S/C18H13F3N2O2S/c1-10-4-2-3-5-15(10)25-11-6-7-12(14(24)8-11)13-9-16(18(19,20)21)23-17(26)22-13/h2-9,24H,1H3,(H,22,23,26). The molecule has 134 valence electrons. The van der Waals surface area contributed by atoms with Crippen molar-refractivity contribution in [2.24, 2.45) is 0 Å². The van der Waals surface area contributed by atoms with Gasteiger partial charge >= 0.3 is 6.18 Å². The summed E-state index contributed by atoms with van der Waals surface area (Å²) in [7, 11) is 0. The number of nitrogens with zero attached hydrogens (tertiary/aromatic N) is 1. The van der Waals surface area contributed by atoms with Gasteiger partial charge in [-0.25, -0.2) is 4.98 Å². The fraction of sp³-hybridized carbons (Fsp3) is 0.111. The normalized spacial score (nSPS) is 11.4. The summed E-state index contributed by atoms with van der Waals surface area (Å²) in [6.07, 6.45) is -4.60. The van der Waals surface area contributed by atoms with Crippen molar-refractivity contribution in [2.45, 2.75) is 13.1 Å². The lowest BCUT2D eigenvalue weighted by Crippen LogP contribution is -2.09. The highest BCUT2D eigenvalue weighted by Gasteiger charge is 2.32. The van der Waals surface area contributed by atoms with Crippen LogP contribution < -0.4 is 4.74 Å². The number of hydrogen-bond acceptors (Lipinski definition) is 4. The molecule has 0 saturated carbocycles. The molecule has 2 aromatic carbocycles. The Kier molecular flexibility index (Phi) is 4.69. The molecule has 0 atom stereocenters. The lowest BCUT2D eigenvalue weighted by Gasteiger charge is -2.12. The van der Waals surface area contributed by atoms with Gasteiger partial charge in [0.25, 0.3) is 0 Å². The van der Waals surface area contributed by atoms with Crippen molar-refractivity contribution >= 4 is 12.2 Å². The van der Waals surface area contributed by atoms with Crippen LogP contribution in [0.4, 0.5) is 13.2 Å². The number of H-pyrrole nitrogens is 1. The van der Waals surface area contributed by atoms with Crippen molar-refractivity contribution in [3.63, 3.8) is 0 Å². The lowest BCUT2D eigenvalue weighted by atomic mass is 10.1. The molecule has 0 bridgehead atoms. The summed E-state index contributed by atoms with van der Waals surface area (Å²) in [4.78, 5) is 5.86. The summed E-state index contributed by atoms with van der Waals surface area (Å²) in [5.41, 5.74) is -0.0946. The molecule has 0 fully saturated rings. The Morgan fingerprint density at radius 2 is 1.85 bits per heavy atom. The van der Waals surface area contributed by atoms with Crippen molar-refractivity contribution in [1.82, 2.24) is 9.97 Å². The molecule has 0 aliphatic heterocycles. The van der Waals surface area contributed by atoms with E-state index in [1.54, 1.807) is 6.07 Å². The first-order valence-corrected chi connectivity index (χ1v) is 7.90. The van der Waals surface area contributed by atoms with Crippen LogP contribution in [0.5, 0.6) is 17.2 Å². The maximum absolute atomic E-state index is 12.9. The van der Waals surface area contributed by atoms with Gasteiger partial charge in [0.15, 0.2) is 4.77 Å². The van der Waals surface area contributed by atoms with Crippen LogP contribution >= 0.6 is 12.2 Å². The maximum atomic E-state index is 12.9. The van der Waals surface area contributed by atoms with Gasteiger partial charge in [-0.1, -0.05) is 18.2 Å². The predicted molar refractivity (Wildman–Crippen MR) is 92.8 cm³/mol. The Hall–Kier alpha value is -2.87. The first-order chi connectivity index (χ1) is 12.2. The number of para-hydroxylation sites is 1. The summed E-state index contributed by atoms with van der Waals surface area (Å²) in [6, 6.07) is 12.4. The number of benzene rings is 2. The Bertz CT molecular complexity index is 1020. The molecule has 1 aromatic heterocycles. The third-order valence-electron chi connectivity index (χ3n) is 3.62. The van der Waals surface area contributed by atoms with Crippen LogP contribution in [0, 0.1) is 11.7 Å². The number of aryl methyl sites for hydroxylation is 1. The minimum atomic E-state index is -4.60. The van der Waals surface area contributed by atoms with Crippen LogP contribution in [0.3, 0.4) is 0 Å². The van der Waals surface area contributed by atoms with Crippen molar-refractivity contribution in [1.29, 1.82) is 0 Å². The van der Waals surface area contributed by atoms with Gasteiger partial charge in [-0.3, -0.25) is 0 Å². The summed E-state index contributed by atoms with van der Waals surface area (Å²) in [5, 5.41) is 10.2. The molecule has 0 aliphatic carbocycles. The molecule has 0 radical (unpaired) electrons. The SMILES string of the molecule is Cc1ccccc1Oc1ccc(-c2cc(C(F)(F)F)[nH]c(=S)n2)c(O)c1. The fourth-order valence-corrected chi connectivity index (χ4v) is 2.55. The van der Waals surface area contributed by atoms with Gasteiger partial charge in [0.1, 0.15) is 22.9 Å². The number of aromatic hydroxyl groups is 1. The smallest absolute Gasteiger partial charge is 0.431 e. The van der Waals surface area contributed by atoms with E-state index in [4.69, 9.17) is 17.0 Å². The Balaban J connectivity index is 1.97. The number of rotatable bonds is 3. The summed E-state index contributed by atoms with van der Waals surface area (Å²) < 4.78 is 44.1. The molecule has 0 aliphatic rings. The molecular weight excluding hydrogens is 365 g/mol. The van der Waals surface area contributed by atoms with Crippen LogP contribution in [0.2, 0.25) is 0 Å². The first-order valence-electron chi connectivity index (χ1n) is 7.49. The third kappa shape index (κ3) is 3.85. The number of aromatic amines is 1. The van der Waals surface area contributed by atoms with E-state index in [9.17, 15) is 18.3 Å². The van der Waals surface area contributed by atoms with E-state index in [1.807, 2.05) is 30.1 Å². The Labute approximate surface area is 151 Å². The Morgan fingerprint density at radius 3 is 2.50 bits per heavy atom. The van der Waals surface area contributed by atoms with Crippen LogP contribution in [0.15, 0.2) is 48.5 Å². The lowest BCUT2D eigenvalue weighted by molar-refractivity contribution is -0.141. The molecule has 4 nitrogen and oxygen atoms in total. The summed E-state index contributed by atoms with van der Waals surface area (Å²) in [6.45, 7) is 1.87. The van der Waals surface area contributed by atoms with E-state index >= 15 is 0 Å². The van der Waals surface area contributed by atoms with Crippen LogP contribution in [-0.2, 0) is 6.18 Å². The number of halogens is 3. The summed E-state index contributed by atoms with van der Waals surface area (Å²) >= 11 is 4.75. The first kappa shape index (κ1) is 17.9. The average Bonchev–Trinajstić information content (AvgIpc) is 2.56. The van der Waals surface area contributed by atoms with Gasteiger partial charge in [0, 0.05) is 11.6 Å². The van der Waals surface area contributed by atoms with Gasteiger partial charge in [0.05, 0.1) is 5.69 Å². The number of aromatic nitrogens is 2. The average molecular weight is 378 g/mol. The van der Waals surface area contributed by atoms with Gasteiger partial charge in [-0.05, 0) is 49.0 Å². The molecule has 26 heavy (non-hydrogen) atoms. The highest BCUT2D eigenvalue weighted by Crippen LogP contribution is 2.36. The molecule has 0 saturated heterocycles. The van der Waals surface area contributed by atoms with Crippen molar-refractivity contribution in [3.8, 4) is 28.5 Å². The quantitative estimate of drug-likeness (QED) is 0.580. The monoisotopic (exact) mass is 378 g/mol. The van der Waals surface area contributed by atoms with Crippen LogP contribution in [-0.4, -0.2) is 15.1 Å². The second-order valence-electron chi connectivity index (χ2n) is 5.53. The molecule has 3 rings (SSSR count). The third-order valence-corrected chi connectivity index (χ3v) is 3.81. The van der Waals surface area contributed by atoms with Crippen molar-refractivity contribution in [3.05, 3.63) is 64.6 Å². The Morgan fingerprint density at radius 1 is 1.12 bits per heavy atom. The number of hydrogen-bond donors (Lipinski definition) is 2. The fourth-order valence-electron chi connectivity index (χ4n) is 2.34. The zero-order chi connectivity index (χ0) is 18.9. The van der Waals surface area contributed by atoms with E-state index in [0.717, 1.165) is 11.6 Å². The highest BCUT2D eigenvalue weighted by molar-refractivity contribution is 7.71. The molecule has 0 spiro atoms. The van der Waals surface area contributed by atoms with Crippen molar-refractivity contribution in [2.75, 3.05) is 0 Å². The number of phenols is 1. The highest BCUT2D eigenvalue weighted by atomic mass is 32.1. The second kappa shape index (κ2) is 6.80. The zero-order valence-corrected chi connectivity index (χ0v) is 14.3. The molecule has 3 aromatic rings. The van der Waals surface area contributed by atoms with E-state index in [1.165, 1.54) is 18.2 Å². The van der Waals surface area contributed by atoms with Gasteiger partial charge in [0.2, 0.25) is 0 Å². The largest absolute Gasteiger partial charge is 0.507 e. The van der Waals surface area contributed by atoms with Crippen LogP contribution in [0.1, 0.15) is 11.3 Å². The zero-order valence-electron chi connectivity index (χ0n) is 13.5. The van der Waals surface area contributed by atoms with E-state index in [0.29, 0.717) is 11.5 Å². The summed E-state index contributed by atoms with van der Waals surface area (Å²) in [5.74, 6) is 0.689. The van der Waals surface area contributed by atoms with Gasteiger partial charge in [-0.2, -0.15) is 13.2 Å². The number of ether oxygens (including phenoxy) is 1. The predicted octanol–water partition coefficient (Wildman–Crippen LogP) is 5.63. The molecule has 0 amide bonds. The van der Waals surface area contributed by atoms with Crippen molar-refractivity contribution < 1.29 is 23.0 Å². The van der Waals surface area contributed by atoms with E-state index in [2.05, 4.69) is 4.98 Å². The number of alkyl halides is 3. The number of nitrogens with one attached hydrogen (secondary N) is 1.